The third-order valence-corrected chi connectivity index (χ3v) is 8.40. The summed E-state index contributed by atoms with van der Waals surface area (Å²) in [6.45, 7) is 0.524. The second-order valence-electron chi connectivity index (χ2n) is 11.1. The van der Waals surface area contributed by atoms with Crippen molar-refractivity contribution in [3.8, 4) is 17.6 Å². The molecule has 4 saturated carbocycles. The van der Waals surface area contributed by atoms with Gasteiger partial charge in [0.25, 0.3) is 0 Å². The predicted molar refractivity (Wildman–Crippen MR) is 139 cm³/mol. The number of carboxylic acids is 1. The van der Waals surface area contributed by atoms with Crippen LogP contribution in [0.1, 0.15) is 91.3 Å². The van der Waals surface area contributed by atoms with E-state index in [2.05, 4.69) is 11.8 Å². The molecule has 4 aliphatic rings. The van der Waals surface area contributed by atoms with Crippen LogP contribution in [0.2, 0.25) is 0 Å². The third-order valence-electron chi connectivity index (χ3n) is 8.40. The van der Waals surface area contributed by atoms with Crippen LogP contribution in [0.15, 0.2) is 42.5 Å². The first-order chi connectivity index (χ1) is 17.4. The van der Waals surface area contributed by atoms with Crippen molar-refractivity contribution in [2.24, 2.45) is 23.5 Å². The summed E-state index contributed by atoms with van der Waals surface area (Å²) >= 11 is 0. The zero-order valence-corrected chi connectivity index (χ0v) is 20.8. The molecule has 0 aliphatic heterocycles. The van der Waals surface area contributed by atoms with Crippen molar-refractivity contribution in [3.63, 3.8) is 0 Å². The Labute approximate surface area is 213 Å². The molecule has 4 aliphatic carbocycles. The summed E-state index contributed by atoms with van der Waals surface area (Å²) in [5.74, 6) is 8.24. The maximum atomic E-state index is 12.4. The summed E-state index contributed by atoms with van der Waals surface area (Å²) in [6.07, 6.45) is 10.0. The number of aromatic carboxylic acids is 1. The van der Waals surface area contributed by atoms with Gasteiger partial charge in [-0.05, 0) is 99.8 Å². The smallest absolute Gasteiger partial charge is 0.336 e. The molecule has 4 fully saturated rings. The lowest BCUT2D eigenvalue weighted by atomic mass is 9.47. The summed E-state index contributed by atoms with van der Waals surface area (Å²) in [5, 5.41) is 10.1. The van der Waals surface area contributed by atoms with Gasteiger partial charge < -0.3 is 15.6 Å². The molecule has 0 saturated heterocycles. The average Bonchev–Trinajstić information content (AvgIpc) is 2.84. The maximum absolute atomic E-state index is 12.4. The highest BCUT2D eigenvalue weighted by Gasteiger charge is 2.53. The van der Waals surface area contributed by atoms with E-state index in [1.165, 1.54) is 19.3 Å². The molecule has 2 aromatic carbocycles. The SMILES string of the molecule is NC(=O)CCCCCOc1ccc(C(=O)O)c(C#Cc2ccccc2)c1C12CC3CC(CC(C3)C1)C2. The first kappa shape index (κ1) is 24.4. The van der Waals surface area contributed by atoms with Crippen molar-refractivity contribution in [2.45, 2.75) is 69.6 Å². The van der Waals surface area contributed by atoms with E-state index in [4.69, 9.17) is 10.5 Å². The first-order valence-corrected chi connectivity index (χ1v) is 13.3. The number of carbonyl (C=O) groups is 2. The molecule has 0 aromatic heterocycles. The number of unbranched alkanes of at least 4 members (excludes halogenated alkanes) is 2. The minimum atomic E-state index is -0.948. The molecule has 188 valence electrons. The Bertz CT molecular complexity index is 1160. The van der Waals surface area contributed by atoms with Crippen LogP contribution in [-0.2, 0) is 10.2 Å². The predicted octanol–water partition coefficient (Wildman–Crippen LogP) is 5.68. The van der Waals surface area contributed by atoms with E-state index in [0.29, 0.717) is 36.3 Å². The van der Waals surface area contributed by atoms with Gasteiger partial charge in [-0.3, -0.25) is 4.79 Å². The molecule has 4 bridgehead atoms. The van der Waals surface area contributed by atoms with Crippen LogP contribution in [0, 0.1) is 29.6 Å². The van der Waals surface area contributed by atoms with Gasteiger partial charge in [0.15, 0.2) is 0 Å². The van der Waals surface area contributed by atoms with Gasteiger partial charge in [-0.25, -0.2) is 4.79 Å². The largest absolute Gasteiger partial charge is 0.493 e. The lowest BCUT2D eigenvalue weighted by Gasteiger charge is -2.57. The zero-order chi connectivity index (χ0) is 25.1. The summed E-state index contributed by atoms with van der Waals surface area (Å²) < 4.78 is 6.38. The van der Waals surface area contributed by atoms with Crippen LogP contribution in [0.3, 0.4) is 0 Å². The number of nitrogens with two attached hydrogens (primary N) is 1. The normalized spacial score (nSPS) is 25.7. The van der Waals surface area contributed by atoms with E-state index in [9.17, 15) is 14.7 Å². The fraction of sp³-hybridized carbons (Fsp3) is 0.484. The topological polar surface area (TPSA) is 89.6 Å². The Balaban J connectivity index is 1.53. The first-order valence-electron chi connectivity index (χ1n) is 13.3. The van der Waals surface area contributed by atoms with Gasteiger partial charge in [-0.15, -0.1) is 0 Å². The Morgan fingerprint density at radius 2 is 1.58 bits per heavy atom. The van der Waals surface area contributed by atoms with Crippen LogP contribution in [0.4, 0.5) is 0 Å². The van der Waals surface area contributed by atoms with Crippen molar-refractivity contribution in [2.75, 3.05) is 6.61 Å². The minimum Gasteiger partial charge on any atom is -0.493 e. The second kappa shape index (κ2) is 10.4. The number of amides is 1. The van der Waals surface area contributed by atoms with Gasteiger partial charge in [-0.2, -0.15) is 0 Å². The van der Waals surface area contributed by atoms with Crippen molar-refractivity contribution in [1.82, 2.24) is 0 Å². The van der Waals surface area contributed by atoms with Crippen molar-refractivity contribution >= 4 is 11.9 Å². The van der Waals surface area contributed by atoms with Gasteiger partial charge in [0.05, 0.1) is 12.2 Å². The lowest BCUT2D eigenvalue weighted by Crippen LogP contribution is -2.49. The number of carboxylic acid groups (broad SMARTS) is 1. The summed E-state index contributed by atoms with van der Waals surface area (Å²) in [5.41, 5.74) is 7.97. The molecule has 1 amide bonds. The fourth-order valence-corrected chi connectivity index (χ4v) is 7.37. The Kier molecular flexibility index (Phi) is 7.05. The van der Waals surface area contributed by atoms with Gasteiger partial charge in [0, 0.05) is 28.5 Å². The van der Waals surface area contributed by atoms with E-state index in [1.807, 2.05) is 36.4 Å². The third kappa shape index (κ3) is 5.14. The molecule has 0 spiro atoms. The van der Waals surface area contributed by atoms with E-state index in [0.717, 1.165) is 55.4 Å². The van der Waals surface area contributed by atoms with Crippen molar-refractivity contribution < 1.29 is 19.4 Å². The number of primary amides is 1. The summed E-state index contributed by atoms with van der Waals surface area (Å²) in [4.78, 5) is 23.4. The van der Waals surface area contributed by atoms with Crippen LogP contribution in [0.5, 0.6) is 5.75 Å². The highest BCUT2D eigenvalue weighted by molar-refractivity contribution is 5.92. The number of benzene rings is 2. The van der Waals surface area contributed by atoms with Gasteiger partial charge in [-0.1, -0.05) is 30.0 Å². The number of hydrogen-bond donors (Lipinski definition) is 2. The molecule has 5 heteroatoms. The standard InChI is InChI=1S/C31H35NO4/c32-28(33)9-5-2-6-14-36-27-13-12-26(30(34)35)25(11-10-21-7-3-1-4-8-21)29(27)31-18-22-15-23(19-31)17-24(16-22)20-31/h1,3-4,7-8,12-13,22-24H,2,5-6,9,14-20H2,(H2,32,33)(H,34,35). The van der Waals surface area contributed by atoms with Gasteiger partial charge in [0.2, 0.25) is 5.91 Å². The molecule has 0 radical (unpaired) electrons. The highest BCUT2D eigenvalue weighted by Crippen LogP contribution is 2.62. The lowest BCUT2D eigenvalue weighted by molar-refractivity contribution is -0.118. The fourth-order valence-electron chi connectivity index (χ4n) is 7.37. The molecule has 6 rings (SSSR count). The molecule has 3 N–H and O–H groups in total. The number of rotatable bonds is 9. The number of ether oxygens (including phenoxy) is 1. The van der Waals surface area contributed by atoms with Gasteiger partial charge in [0.1, 0.15) is 5.75 Å². The van der Waals surface area contributed by atoms with Gasteiger partial charge >= 0.3 is 5.97 Å². The molecule has 0 unspecified atom stereocenters. The minimum absolute atomic E-state index is 0.0672. The highest BCUT2D eigenvalue weighted by atomic mass is 16.5. The maximum Gasteiger partial charge on any atom is 0.336 e. The molecule has 36 heavy (non-hydrogen) atoms. The molecular weight excluding hydrogens is 450 g/mol. The van der Waals surface area contributed by atoms with Crippen LogP contribution in [0.25, 0.3) is 0 Å². The van der Waals surface area contributed by atoms with Crippen LogP contribution < -0.4 is 10.5 Å². The Morgan fingerprint density at radius 1 is 0.917 bits per heavy atom. The zero-order valence-electron chi connectivity index (χ0n) is 20.8. The molecule has 0 atom stereocenters. The summed E-state index contributed by atoms with van der Waals surface area (Å²) in [7, 11) is 0. The number of carbonyl (C=O) groups excluding carboxylic acids is 1. The Hall–Kier alpha value is -3.26. The van der Waals surface area contributed by atoms with E-state index in [-0.39, 0.29) is 16.9 Å². The average molecular weight is 486 g/mol. The van der Waals surface area contributed by atoms with Crippen molar-refractivity contribution in [1.29, 1.82) is 0 Å². The molecule has 2 aromatic rings. The second-order valence-corrected chi connectivity index (χ2v) is 11.1. The van der Waals surface area contributed by atoms with E-state index < -0.39 is 5.97 Å². The van der Waals surface area contributed by atoms with Crippen LogP contribution in [-0.4, -0.2) is 23.6 Å². The quantitative estimate of drug-likeness (QED) is 0.353. The molecule has 5 nitrogen and oxygen atoms in total. The monoisotopic (exact) mass is 485 g/mol. The van der Waals surface area contributed by atoms with E-state index in [1.54, 1.807) is 6.07 Å². The van der Waals surface area contributed by atoms with Crippen LogP contribution >= 0.6 is 0 Å². The number of hydrogen-bond acceptors (Lipinski definition) is 3. The van der Waals surface area contributed by atoms with Crippen molar-refractivity contribution in [3.05, 3.63) is 64.7 Å². The molecular formula is C31H35NO4. The summed E-state index contributed by atoms with van der Waals surface area (Å²) in [6, 6.07) is 13.2. The van der Waals surface area contributed by atoms with E-state index >= 15 is 0 Å². The molecule has 0 heterocycles. The Morgan fingerprint density at radius 3 is 2.19 bits per heavy atom.